The number of methoxy groups -OCH3 is 1. The quantitative estimate of drug-likeness (QED) is 0.716. The third kappa shape index (κ3) is 3.50. The van der Waals surface area contributed by atoms with E-state index in [0.717, 1.165) is 23.6 Å². The number of hydrogen-bond donors (Lipinski definition) is 1. The second-order valence-corrected chi connectivity index (χ2v) is 5.13. The van der Waals surface area contributed by atoms with Crippen molar-refractivity contribution in [1.82, 2.24) is 0 Å². The lowest BCUT2D eigenvalue weighted by molar-refractivity contribution is 0.415. The van der Waals surface area contributed by atoms with Crippen molar-refractivity contribution in [3.8, 4) is 5.75 Å². The van der Waals surface area contributed by atoms with Crippen LogP contribution in [-0.4, -0.2) is 7.11 Å². The summed E-state index contributed by atoms with van der Waals surface area (Å²) in [4.78, 5) is 0. The summed E-state index contributed by atoms with van der Waals surface area (Å²) in [6, 6.07) is 22.3. The van der Waals surface area contributed by atoms with E-state index in [2.05, 4.69) is 29.6 Å². The molecule has 0 amide bonds. The number of hydrogen-bond acceptors (Lipinski definition) is 3. The van der Waals surface area contributed by atoms with Gasteiger partial charge in [0.25, 0.3) is 0 Å². The Hall–Kier alpha value is -2.68. The average molecular weight is 293 g/mol. The second-order valence-electron chi connectivity index (χ2n) is 5.13. The van der Waals surface area contributed by atoms with Crippen molar-refractivity contribution in [2.75, 3.05) is 12.4 Å². The number of anilines is 1. The zero-order valence-electron chi connectivity index (χ0n) is 12.5. The maximum atomic E-state index is 5.60. The zero-order chi connectivity index (χ0) is 15.2. The van der Waals surface area contributed by atoms with Gasteiger partial charge in [0.1, 0.15) is 11.5 Å². The van der Waals surface area contributed by atoms with E-state index >= 15 is 0 Å². The van der Waals surface area contributed by atoms with Gasteiger partial charge in [0, 0.05) is 5.69 Å². The molecule has 0 aliphatic heterocycles. The Morgan fingerprint density at radius 1 is 0.955 bits per heavy atom. The fourth-order valence-corrected chi connectivity index (χ4v) is 2.45. The Labute approximate surface area is 130 Å². The molecule has 3 rings (SSSR count). The summed E-state index contributed by atoms with van der Waals surface area (Å²) < 4.78 is 10.8. The Morgan fingerprint density at radius 3 is 2.36 bits per heavy atom. The number of rotatable bonds is 6. The highest BCUT2D eigenvalue weighted by Gasteiger charge is 2.15. The van der Waals surface area contributed by atoms with Crippen molar-refractivity contribution in [2.24, 2.45) is 0 Å². The minimum Gasteiger partial charge on any atom is -0.497 e. The van der Waals surface area contributed by atoms with Crippen LogP contribution in [0.15, 0.2) is 77.4 Å². The first-order chi connectivity index (χ1) is 10.8. The second kappa shape index (κ2) is 6.85. The lowest BCUT2D eigenvalue weighted by Gasteiger charge is -2.18. The molecule has 2 aromatic carbocycles. The molecule has 0 bridgehead atoms. The van der Waals surface area contributed by atoms with Gasteiger partial charge in [0.05, 0.1) is 19.4 Å². The van der Waals surface area contributed by atoms with Crippen molar-refractivity contribution in [2.45, 2.75) is 12.5 Å². The number of ether oxygens (including phenoxy) is 1. The highest BCUT2D eigenvalue weighted by Crippen LogP contribution is 2.25. The Balaban J connectivity index is 1.79. The molecule has 1 heterocycles. The van der Waals surface area contributed by atoms with Crippen LogP contribution in [0.3, 0.4) is 0 Å². The highest BCUT2D eigenvalue weighted by atomic mass is 16.5. The molecule has 0 saturated heterocycles. The standard InChI is InChI=1S/C19H19NO2/c1-21-17-11-9-16(10-12-17)20-18(19-8-5-13-22-19)14-15-6-3-2-4-7-15/h2-13,18,20H,14H2,1H3/t18-/m0/s1. The fraction of sp³-hybridized carbons (Fsp3) is 0.158. The third-order valence-corrected chi connectivity index (χ3v) is 3.60. The summed E-state index contributed by atoms with van der Waals surface area (Å²) in [6.45, 7) is 0. The van der Waals surface area contributed by atoms with Gasteiger partial charge in [0.2, 0.25) is 0 Å². The van der Waals surface area contributed by atoms with Crippen molar-refractivity contribution in [1.29, 1.82) is 0 Å². The van der Waals surface area contributed by atoms with E-state index in [1.807, 2.05) is 42.5 Å². The van der Waals surface area contributed by atoms with Gasteiger partial charge in [-0.1, -0.05) is 30.3 Å². The van der Waals surface area contributed by atoms with Crippen LogP contribution in [0.25, 0.3) is 0 Å². The van der Waals surface area contributed by atoms with Crippen molar-refractivity contribution in [3.05, 3.63) is 84.3 Å². The smallest absolute Gasteiger partial charge is 0.126 e. The largest absolute Gasteiger partial charge is 0.497 e. The van der Waals surface area contributed by atoms with E-state index < -0.39 is 0 Å². The van der Waals surface area contributed by atoms with Gasteiger partial charge in [0.15, 0.2) is 0 Å². The number of nitrogens with one attached hydrogen (secondary N) is 1. The molecule has 0 spiro atoms. The van der Waals surface area contributed by atoms with Gasteiger partial charge < -0.3 is 14.5 Å². The maximum absolute atomic E-state index is 5.60. The van der Waals surface area contributed by atoms with E-state index in [4.69, 9.17) is 9.15 Å². The lowest BCUT2D eigenvalue weighted by atomic mass is 10.0. The van der Waals surface area contributed by atoms with Crippen molar-refractivity contribution < 1.29 is 9.15 Å². The first-order valence-electron chi connectivity index (χ1n) is 7.33. The molecule has 1 N–H and O–H groups in total. The summed E-state index contributed by atoms with van der Waals surface area (Å²) in [5.74, 6) is 1.78. The van der Waals surface area contributed by atoms with Gasteiger partial charge in [-0.25, -0.2) is 0 Å². The number of benzene rings is 2. The summed E-state index contributed by atoms with van der Waals surface area (Å²) in [5, 5.41) is 3.53. The van der Waals surface area contributed by atoms with Crippen molar-refractivity contribution in [3.63, 3.8) is 0 Å². The molecule has 0 fully saturated rings. The predicted molar refractivity (Wildman–Crippen MR) is 88.2 cm³/mol. The number of furan rings is 1. The Bertz CT molecular complexity index is 675. The van der Waals surface area contributed by atoms with Crippen LogP contribution in [0.4, 0.5) is 5.69 Å². The third-order valence-electron chi connectivity index (χ3n) is 3.60. The Kier molecular flexibility index (Phi) is 4.44. The molecule has 22 heavy (non-hydrogen) atoms. The lowest BCUT2D eigenvalue weighted by Crippen LogP contribution is -2.13. The van der Waals surface area contributed by atoms with Crippen LogP contribution >= 0.6 is 0 Å². The maximum Gasteiger partial charge on any atom is 0.126 e. The molecule has 0 aliphatic rings. The van der Waals surface area contributed by atoms with Gasteiger partial charge >= 0.3 is 0 Å². The molecular weight excluding hydrogens is 274 g/mol. The Morgan fingerprint density at radius 2 is 1.73 bits per heavy atom. The van der Waals surface area contributed by atoms with Crippen LogP contribution in [-0.2, 0) is 6.42 Å². The van der Waals surface area contributed by atoms with Gasteiger partial charge in [-0.15, -0.1) is 0 Å². The molecule has 0 saturated carbocycles. The SMILES string of the molecule is COc1ccc(N[C@@H](Cc2ccccc2)c2ccco2)cc1. The highest BCUT2D eigenvalue weighted by molar-refractivity contribution is 5.48. The van der Waals surface area contributed by atoms with Crippen LogP contribution < -0.4 is 10.1 Å². The van der Waals surface area contributed by atoms with E-state index in [1.165, 1.54) is 5.56 Å². The molecule has 0 radical (unpaired) electrons. The molecule has 3 nitrogen and oxygen atoms in total. The molecule has 0 aliphatic carbocycles. The van der Waals surface area contributed by atoms with E-state index in [1.54, 1.807) is 13.4 Å². The van der Waals surface area contributed by atoms with Crippen LogP contribution in [0.5, 0.6) is 5.75 Å². The fourth-order valence-electron chi connectivity index (χ4n) is 2.45. The van der Waals surface area contributed by atoms with Gasteiger partial charge in [-0.2, -0.15) is 0 Å². The minimum absolute atomic E-state index is 0.0887. The normalized spacial score (nSPS) is 11.9. The predicted octanol–water partition coefficient (Wildman–Crippen LogP) is 4.68. The van der Waals surface area contributed by atoms with Gasteiger partial charge in [-0.3, -0.25) is 0 Å². The summed E-state index contributed by atoms with van der Waals surface area (Å²) in [7, 11) is 1.67. The monoisotopic (exact) mass is 293 g/mol. The first kappa shape index (κ1) is 14.3. The van der Waals surface area contributed by atoms with Gasteiger partial charge in [-0.05, 0) is 48.4 Å². The zero-order valence-corrected chi connectivity index (χ0v) is 12.5. The van der Waals surface area contributed by atoms with Crippen LogP contribution in [0.2, 0.25) is 0 Å². The molecule has 1 aromatic heterocycles. The topological polar surface area (TPSA) is 34.4 Å². The molecule has 112 valence electrons. The summed E-state index contributed by atoms with van der Waals surface area (Å²) in [5.41, 5.74) is 2.31. The molecular formula is C19H19NO2. The van der Waals surface area contributed by atoms with E-state index in [0.29, 0.717) is 0 Å². The molecule has 3 heteroatoms. The van der Waals surface area contributed by atoms with E-state index in [-0.39, 0.29) is 6.04 Å². The molecule has 3 aromatic rings. The first-order valence-corrected chi connectivity index (χ1v) is 7.33. The van der Waals surface area contributed by atoms with Crippen LogP contribution in [0.1, 0.15) is 17.4 Å². The van der Waals surface area contributed by atoms with E-state index in [9.17, 15) is 0 Å². The molecule has 0 unspecified atom stereocenters. The van der Waals surface area contributed by atoms with Crippen molar-refractivity contribution >= 4 is 5.69 Å². The molecule has 1 atom stereocenters. The minimum atomic E-state index is 0.0887. The summed E-state index contributed by atoms with van der Waals surface area (Å²) >= 11 is 0. The summed E-state index contributed by atoms with van der Waals surface area (Å²) in [6.07, 6.45) is 2.57. The average Bonchev–Trinajstić information content (AvgIpc) is 3.10. The van der Waals surface area contributed by atoms with Crippen LogP contribution in [0, 0.1) is 0 Å².